The number of hydrogen-bond acceptors (Lipinski definition) is 5. The Morgan fingerprint density at radius 1 is 1.33 bits per heavy atom. The van der Waals surface area contributed by atoms with E-state index in [0.717, 1.165) is 36.1 Å². The molecule has 5 heteroatoms. The number of hydrogen-bond donors (Lipinski definition) is 1. The fraction of sp³-hybridized carbons (Fsp3) is 0.316. The van der Waals surface area contributed by atoms with Crippen molar-refractivity contribution in [3.63, 3.8) is 0 Å². The highest BCUT2D eigenvalue weighted by molar-refractivity contribution is 5.90. The summed E-state index contributed by atoms with van der Waals surface area (Å²) in [5.41, 5.74) is 8.99. The predicted octanol–water partition coefficient (Wildman–Crippen LogP) is 2.72. The second-order valence-electron chi connectivity index (χ2n) is 5.34. The van der Waals surface area contributed by atoms with E-state index in [4.69, 9.17) is 10.5 Å². The molecular formula is C19H21N3O2. The number of nitrogens with two attached hydrogens (primary N) is 1. The van der Waals surface area contributed by atoms with Crippen molar-refractivity contribution in [2.75, 3.05) is 13.7 Å². The lowest BCUT2D eigenvalue weighted by molar-refractivity contribution is 0.0600. The Kier molecular flexibility index (Phi) is 6.47. The first-order chi connectivity index (χ1) is 11.7. The molecule has 0 aromatic carbocycles. The summed E-state index contributed by atoms with van der Waals surface area (Å²) in [5.74, 6) is 5.93. The lowest BCUT2D eigenvalue weighted by Crippen LogP contribution is -2.03. The van der Waals surface area contributed by atoms with Crippen molar-refractivity contribution in [2.24, 2.45) is 5.73 Å². The molecule has 0 amide bonds. The fourth-order valence-corrected chi connectivity index (χ4v) is 2.27. The molecule has 0 aliphatic rings. The molecule has 24 heavy (non-hydrogen) atoms. The van der Waals surface area contributed by atoms with Gasteiger partial charge >= 0.3 is 5.97 Å². The number of aromatic nitrogens is 2. The van der Waals surface area contributed by atoms with E-state index in [1.165, 1.54) is 7.11 Å². The van der Waals surface area contributed by atoms with Crippen LogP contribution in [0.25, 0.3) is 11.3 Å². The maximum absolute atomic E-state index is 11.8. The summed E-state index contributed by atoms with van der Waals surface area (Å²) in [6.45, 7) is 2.52. The molecule has 2 aromatic heterocycles. The maximum Gasteiger partial charge on any atom is 0.337 e. The number of pyridine rings is 2. The first-order valence-electron chi connectivity index (χ1n) is 7.86. The maximum atomic E-state index is 11.8. The third-order valence-corrected chi connectivity index (χ3v) is 3.45. The predicted molar refractivity (Wildman–Crippen MR) is 93.3 cm³/mol. The summed E-state index contributed by atoms with van der Waals surface area (Å²) < 4.78 is 4.79. The van der Waals surface area contributed by atoms with Gasteiger partial charge in [0.2, 0.25) is 0 Å². The number of methoxy groups -OCH3 is 1. The second kappa shape index (κ2) is 8.80. The van der Waals surface area contributed by atoms with Gasteiger partial charge in [0.15, 0.2) is 0 Å². The Morgan fingerprint density at radius 2 is 2.17 bits per heavy atom. The smallest absolute Gasteiger partial charge is 0.337 e. The van der Waals surface area contributed by atoms with Crippen LogP contribution in [0.15, 0.2) is 30.6 Å². The molecule has 0 atom stereocenters. The van der Waals surface area contributed by atoms with E-state index < -0.39 is 0 Å². The van der Waals surface area contributed by atoms with E-state index in [-0.39, 0.29) is 5.97 Å². The lowest BCUT2D eigenvalue weighted by atomic mass is 10.0. The van der Waals surface area contributed by atoms with E-state index in [1.807, 2.05) is 13.0 Å². The summed E-state index contributed by atoms with van der Waals surface area (Å²) in [5, 5.41) is 0. The molecule has 2 heterocycles. The van der Waals surface area contributed by atoms with Crippen molar-refractivity contribution < 1.29 is 9.53 Å². The van der Waals surface area contributed by atoms with Crippen molar-refractivity contribution in [3.05, 3.63) is 47.4 Å². The van der Waals surface area contributed by atoms with E-state index in [1.54, 1.807) is 24.5 Å². The van der Waals surface area contributed by atoms with Gasteiger partial charge < -0.3 is 10.5 Å². The Balaban J connectivity index is 2.35. The molecule has 2 rings (SSSR count). The number of nitrogens with zero attached hydrogens (tertiary/aromatic N) is 2. The minimum atomic E-state index is -0.389. The highest BCUT2D eigenvalue weighted by Gasteiger charge is 2.12. The molecule has 0 saturated carbocycles. The summed E-state index contributed by atoms with van der Waals surface area (Å²) >= 11 is 0. The molecule has 2 aromatic rings. The van der Waals surface area contributed by atoms with Gasteiger partial charge in [0.1, 0.15) is 0 Å². The molecule has 0 unspecified atom stereocenters. The Labute approximate surface area is 142 Å². The van der Waals surface area contributed by atoms with E-state index in [2.05, 4.69) is 21.8 Å². The van der Waals surface area contributed by atoms with Crippen LogP contribution in [0.4, 0.5) is 0 Å². The Morgan fingerprint density at radius 3 is 2.92 bits per heavy atom. The van der Waals surface area contributed by atoms with Crippen LogP contribution in [-0.4, -0.2) is 29.6 Å². The Hall–Kier alpha value is -2.71. The zero-order chi connectivity index (χ0) is 17.4. The topological polar surface area (TPSA) is 78.1 Å². The zero-order valence-corrected chi connectivity index (χ0v) is 14.0. The summed E-state index contributed by atoms with van der Waals surface area (Å²) in [6, 6.07) is 5.26. The van der Waals surface area contributed by atoms with Crippen molar-refractivity contribution in [1.29, 1.82) is 0 Å². The highest BCUT2D eigenvalue weighted by atomic mass is 16.5. The minimum Gasteiger partial charge on any atom is -0.465 e. The lowest BCUT2D eigenvalue weighted by Gasteiger charge is -2.07. The highest BCUT2D eigenvalue weighted by Crippen LogP contribution is 2.22. The number of ether oxygens (including phenoxy) is 1. The van der Waals surface area contributed by atoms with E-state index >= 15 is 0 Å². The van der Waals surface area contributed by atoms with Gasteiger partial charge in [-0.1, -0.05) is 11.8 Å². The van der Waals surface area contributed by atoms with Crippen molar-refractivity contribution in [1.82, 2.24) is 9.97 Å². The quantitative estimate of drug-likeness (QED) is 0.520. The van der Waals surface area contributed by atoms with Crippen LogP contribution in [0.2, 0.25) is 0 Å². The molecule has 0 radical (unpaired) electrons. The van der Waals surface area contributed by atoms with Crippen LogP contribution in [-0.2, 0) is 4.74 Å². The number of unbranched alkanes of at least 4 members (excludes halogenated alkanes) is 2. The Bertz CT molecular complexity index is 776. The van der Waals surface area contributed by atoms with Crippen LogP contribution in [0.1, 0.15) is 40.9 Å². The number of aryl methyl sites for hydroxylation is 1. The fourth-order valence-electron chi connectivity index (χ4n) is 2.27. The molecule has 0 saturated heterocycles. The molecule has 0 spiro atoms. The molecule has 2 N–H and O–H groups in total. The minimum absolute atomic E-state index is 0.389. The number of carbonyl (C=O) groups excluding carboxylic acids is 1. The zero-order valence-electron chi connectivity index (χ0n) is 14.0. The summed E-state index contributed by atoms with van der Waals surface area (Å²) in [7, 11) is 1.36. The van der Waals surface area contributed by atoms with Gasteiger partial charge in [-0.2, -0.15) is 0 Å². The van der Waals surface area contributed by atoms with Crippen LogP contribution < -0.4 is 5.73 Å². The van der Waals surface area contributed by atoms with Gasteiger partial charge in [-0.3, -0.25) is 9.97 Å². The first kappa shape index (κ1) is 17.6. The van der Waals surface area contributed by atoms with Crippen molar-refractivity contribution in [3.8, 4) is 23.1 Å². The summed E-state index contributed by atoms with van der Waals surface area (Å²) in [4.78, 5) is 20.5. The van der Waals surface area contributed by atoms with Crippen LogP contribution in [0.3, 0.4) is 0 Å². The molecule has 0 aliphatic carbocycles. The largest absolute Gasteiger partial charge is 0.465 e. The van der Waals surface area contributed by atoms with Gasteiger partial charge in [-0.15, -0.1) is 0 Å². The molecule has 0 fully saturated rings. The average molecular weight is 323 g/mol. The van der Waals surface area contributed by atoms with Crippen LogP contribution in [0.5, 0.6) is 0 Å². The summed E-state index contributed by atoms with van der Waals surface area (Å²) in [6.07, 6.45) is 6.17. The van der Waals surface area contributed by atoms with Gasteiger partial charge in [0, 0.05) is 35.6 Å². The van der Waals surface area contributed by atoms with Crippen LogP contribution in [0, 0.1) is 18.8 Å². The molecule has 5 nitrogen and oxygen atoms in total. The molecular weight excluding hydrogens is 302 g/mol. The number of carbonyl (C=O) groups is 1. The monoisotopic (exact) mass is 323 g/mol. The average Bonchev–Trinajstić information content (AvgIpc) is 2.60. The SMILES string of the molecule is COC(=O)c1cc(C)nc(-c2cnccc2C#CCCCCN)c1. The van der Waals surface area contributed by atoms with E-state index in [0.29, 0.717) is 17.8 Å². The first-order valence-corrected chi connectivity index (χ1v) is 7.86. The van der Waals surface area contributed by atoms with Crippen molar-refractivity contribution >= 4 is 5.97 Å². The standard InChI is InChI=1S/C19H21N3O2/c1-14-11-16(19(23)24-2)12-18(22-14)17-13-21-10-8-15(17)7-5-3-4-6-9-20/h8,10-13H,3-4,6,9,20H2,1-2H3. The number of esters is 1. The molecule has 0 aliphatic heterocycles. The van der Waals surface area contributed by atoms with E-state index in [9.17, 15) is 4.79 Å². The molecule has 124 valence electrons. The normalized spacial score (nSPS) is 9.96. The number of rotatable bonds is 5. The third-order valence-electron chi connectivity index (χ3n) is 3.45. The van der Waals surface area contributed by atoms with Gasteiger partial charge in [-0.25, -0.2) is 4.79 Å². The molecule has 0 bridgehead atoms. The van der Waals surface area contributed by atoms with Crippen LogP contribution >= 0.6 is 0 Å². The van der Waals surface area contributed by atoms with Crippen molar-refractivity contribution in [2.45, 2.75) is 26.2 Å². The van der Waals surface area contributed by atoms with Gasteiger partial charge in [-0.05, 0) is 44.5 Å². The second-order valence-corrected chi connectivity index (χ2v) is 5.34. The third kappa shape index (κ3) is 4.64. The van der Waals surface area contributed by atoms with Gasteiger partial charge in [0.25, 0.3) is 0 Å². The van der Waals surface area contributed by atoms with Gasteiger partial charge in [0.05, 0.1) is 18.4 Å².